The minimum absolute atomic E-state index is 0.0201. The smallest absolute Gasteiger partial charge is 0.243 e. The van der Waals surface area contributed by atoms with Crippen molar-refractivity contribution in [1.29, 1.82) is 0 Å². The molecule has 0 saturated heterocycles. The Balaban J connectivity index is 1.87. The second-order valence-corrected chi connectivity index (χ2v) is 8.33. The minimum Gasteiger partial charge on any atom is -0.353 e. The number of halogens is 2. The summed E-state index contributed by atoms with van der Waals surface area (Å²) in [5, 5.41) is 2.81. The molecule has 3 rings (SSSR count). The van der Waals surface area contributed by atoms with E-state index in [1.807, 2.05) is 24.3 Å². The number of hydrogen-bond acceptors (Lipinski definition) is 4. The molecule has 0 aliphatic carbocycles. The molecule has 2 heterocycles. The molecular formula is C14H10Br2N2O2S. The summed E-state index contributed by atoms with van der Waals surface area (Å²) < 4.78 is 1.70. The Labute approximate surface area is 142 Å². The second-order valence-electron chi connectivity index (χ2n) is 4.58. The lowest BCUT2D eigenvalue weighted by Gasteiger charge is -2.30. The zero-order valence-electron chi connectivity index (χ0n) is 10.7. The van der Waals surface area contributed by atoms with Gasteiger partial charge in [-0.2, -0.15) is 0 Å². The minimum atomic E-state index is -0.105. The van der Waals surface area contributed by atoms with Gasteiger partial charge in [0.05, 0.1) is 32.0 Å². The first-order valence-corrected chi connectivity index (χ1v) is 8.56. The van der Waals surface area contributed by atoms with Crippen molar-refractivity contribution in [2.24, 2.45) is 0 Å². The Kier molecular flexibility index (Phi) is 4.14. The quantitative estimate of drug-likeness (QED) is 0.752. The van der Waals surface area contributed by atoms with E-state index in [0.29, 0.717) is 5.56 Å². The summed E-state index contributed by atoms with van der Waals surface area (Å²) in [6.45, 7) is 0.359. The monoisotopic (exact) mass is 428 g/mol. The number of anilines is 2. The molecule has 1 aliphatic rings. The van der Waals surface area contributed by atoms with Gasteiger partial charge in [-0.1, -0.05) is 12.1 Å². The van der Waals surface area contributed by atoms with Gasteiger partial charge in [-0.15, -0.1) is 11.3 Å². The highest BCUT2D eigenvalue weighted by Gasteiger charge is 2.24. The van der Waals surface area contributed by atoms with E-state index in [4.69, 9.17) is 0 Å². The summed E-state index contributed by atoms with van der Waals surface area (Å²) in [4.78, 5) is 26.0. The Hall–Kier alpha value is -1.18. The van der Waals surface area contributed by atoms with E-state index in [-0.39, 0.29) is 24.8 Å². The molecule has 1 amide bonds. The molecule has 0 radical (unpaired) electrons. The summed E-state index contributed by atoms with van der Waals surface area (Å²) in [5.74, 6) is -0.125. The number of nitrogens with one attached hydrogen (secondary N) is 1. The summed E-state index contributed by atoms with van der Waals surface area (Å²) >= 11 is 8.23. The molecule has 0 saturated carbocycles. The Morgan fingerprint density at radius 1 is 1.33 bits per heavy atom. The number of fused-ring (bicyclic) bond motifs is 1. The number of amides is 1. The van der Waals surface area contributed by atoms with E-state index in [9.17, 15) is 9.59 Å². The number of hydrogen-bond donors (Lipinski definition) is 1. The van der Waals surface area contributed by atoms with Gasteiger partial charge in [0, 0.05) is 5.56 Å². The lowest BCUT2D eigenvalue weighted by molar-refractivity contribution is -0.115. The molecule has 1 aromatic heterocycles. The third kappa shape index (κ3) is 3.04. The average molecular weight is 430 g/mol. The van der Waals surface area contributed by atoms with Gasteiger partial charge >= 0.3 is 0 Å². The van der Waals surface area contributed by atoms with Gasteiger partial charge < -0.3 is 10.2 Å². The fourth-order valence-electron chi connectivity index (χ4n) is 2.23. The van der Waals surface area contributed by atoms with Gasteiger partial charge in [0.1, 0.15) is 0 Å². The van der Waals surface area contributed by atoms with Crippen LogP contribution in [0.15, 0.2) is 37.9 Å². The van der Waals surface area contributed by atoms with Gasteiger partial charge in [0.15, 0.2) is 5.78 Å². The van der Waals surface area contributed by atoms with Gasteiger partial charge in [-0.05, 0) is 50.1 Å². The van der Waals surface area contributed by atoms with Crippen LogP contribution >= 0.6 is 43.2 Å². The molecule has 4 nitrogen and oxygen atoms in total. The fraction of sp³-hybridized carbons (Fsp3) is 0.143. The molecule has 108 valence electrons. The molecule has 1 aliphatic heterocycles. The number of para-hydroxylation sites is 2. The first-order chi connectivity index (χ1) is 10.0. The normalized spacial score (nSPS) is 13.8. The average Bonchev–Trinajstić information content (AvgIpc) is 2.77. The van der Waals surface area contributed by atoms with Crippen LogP contribution in [0.25, 0.3) is 0 Å². The number of thiophene rings is 1. The molecular weight excluding hydrogens is 420 g/mol. The van der Waals surface area contributed by atoms with Crippen LogP contribution < -0.4 is 10.2 Å². The van der Waals surface area contributed by atoms with Crippen LogP contribution in [-0.4, -0.2) is 24.8 Å². The maximum Gasteiger partial charge on any atom is 0.243 e. The number of nitrogens with zero attached hydrogens (tertiary/aromatic N) is 1. The second kappa shape index (κ2) is 5.90. The largest absolute Gasteiger partial charge is 0.353 e. The highest BCUT2D eigenvalue weighted by molar-refractivity contribution is 9.12. The summed E-state index contributed by atoms with van der Waals surface area (Å²) in [6, 6.07) is 9.29. The Morgan fingerprint density at radius 3 is 2.81 bits per heavy atom. The predicted molar refractivity (Wildman–Crippen MR) is 91.3 cm³/mol. The van der Waals surface area contributed by atoms with E-state index >= 15 is 0 Å². The third-order valence-electron chi connectivity index (χ3n) is 3.14. The van der Waals surface area contributed by atoms with Crippen LogP contribution in [0.1, 0.15) is 10.4 Å². The highest BCUT2D eigenvalue weighted by atomic mass is 79.9. The maximum absolute atomic E-state index is 12.4. The fourth-order valence-corrected chi connectivity index (χ4v) is 5.09. The zero-order valence-corrected chi connectivity index (χ0v) is 14.7. The topological polar surface area (TPSA) is 49.4 Å². The number of ketones is 1. The summed E-state index contributed by atoms with van der Waals surface area (Å²) in [5.41, 5.74) is 2.25. The molecule has 0 atom stereocenters. The van der Waals surface area contributed by atoms with Crippen molar-refractivity contribution in [3.63, 3.8) is 0 Å². The predicted octanol–water partition coefficient (Wildman–Crippen LogP) is 3.91. The SMILES string of the molecule is O=C1CN(CC(=O)c2cc(Br)sc2Br)c2ccccc2N1. The van der Waals surface area contributed by atoms with Gasteiger partial charge in [0.2, 0.25) is 5.91 Å². The molecule has 21 heavy (non-hydrogen) atoms. The van der Waals surface area contributed by atoms with Crippen LogP contribution in [0.5, 0.6) is 0 Å². The molecule has 7 heteroatoms. The number of carbonyl (C=O) groups is 2. The van der Waals surface area contributed by atoms with Gasteiger partial charge in [-0.3, -0.25) is 9.59 Å². The summed E-state index contributed by atoms with van der Waals surface area (Å²) in [6.07, 6.45) is 0. The third-order valence-corrected chi connectivity index (χ3v) is 5.48. The van der Waals surface area contributed by atoms with Crippen LogP contribution in [-0.2, 0) is 4.79 Å². The maximum atomic E-state index is 12.4. The molecule has 2 aromatic rings. The number of Topliss-reactive ketones (excluding diaryl/α,β-unsaturated/α-hetero) is 1. The van der Waals surface area contributed by atoms with Crippen molar-refractivity contribution in [3.05, 3.63) is 43.5 Å². The lowest BCUT2D eigenvalue weighted by Crippen LogP contribution is -2.41. The van der Waals surface area contributed by atoms with Crippen LogP contribution in [0.4, 0.5) is 11.4 Å². The summed E-state index contributed by atoms with van der Waals surface area (Å²) in [7, 11) is 0. The highest BCUT2D eigenvalue weighted by Crippen LogP contribution is 2.33. The number of rotatable bonds is 3. The Morgan fingerprint density at radius 2 is 2.10 bits per heavy atom. The lowest BCUT2D eigenvalue weighted by atomic mass is 10.1. The van der Waals surface area contributed by atoms with Crippen molar-refractivity contribution in [2.75, 3.05) is 23.3 Å². The van der Waals surface area contributed by atoms with E-state index in [0.717, 1.165) is 18.9 Å². The first kappa shape index (κ1) is 14.7. The van der Waals surface area contributed by atoms with Crippen molar-refractivity contribution >= 4 is 66.3 Å². The van der Waals surface area contributed by atoms with E-state index in [2.05, 4.69) is 37.2 Å². The molecule has 1 N–H and O–H groups in total. The van der Waals surface area contributed by atoms with Crippen LogP contribution in [0.3, 0.4) is 0 Å². The molecule has 0 fully saturated rings. The van der Waals surface area contributed by atoms with Gasteiger partial charge in [0.25, 0.3) is 0 Å². The Bertz CT molecular complexity index is 730. The van der Waals surface area contributed by atoms with E-state index in [1.165, 1.54) is 11.3 Å². The molecule has 0 bridgehead atoms. The van der Waals surface area contributed by atoms with Crippen LogP contribution in [0, 0.1) is 0 Å². The molecule has 0 spiro atoms. The number of benzene rings is 1. The van der Waals surface area contributed by atoms with E-state index in [1.54, 1.807) is 11.0 Å². The van der Waals surface area contributed by atoms with Crippen LogP contribution in [0.2, 0.25) is 0 Å². The van der Waals surface area contributed by atoms with Crippen molar-refractivity contribution < 1.29 is 9.59 Å². The van der Waals surface area contributed by atoms with Gasteiger partial charge in [-0.25, -0.2) is 0 Å². The van der Waals surface area contributed by atoms with Crippen molar-refractivity contribution in [2.45, 2.75) is 0 Å². The molecule has 1 aromatic carbocycles. The van der Waals surface area contributed by atoms with E-state index < -0.39 is 0 Å². The molecule has 0 unspecified atom stereocenters. The standard InChI is InChI=1S/C14H10Br2N2O2S/c15-12-5-8(14(16)21-12)11(19)6-18-7-13(20)17-9-3-1-2-4-10(9)18/h1-5H,6-7H2,(H,17,20). The number of carbonyl (C=O) groups excluding carboxylic acids is 2. The van der Waals surface area contributed by atoms with Crippen molar-refractivity contribution in [3.8, 4) is 0 Å². The zero-order chi connectivity index (χ0) is 15.0. The van der Waals surface area contributed by atoms with Crippen molar-refractivity contribution in [1.82, 2.24) is 0 Å². The first-order valence-electron chi connectivity index (χ1n) is 6.16.